The summed E-state index contributed by atoms with van der Waals surface area (Å²) in [5.41, 5.74) is 5.89. The van der Waals surface area contributed by atoms with Crippen molar-refractivity contribution in [2.75, 3.05) is 13.1 Å². The van der Waals surface area contributed by atoms with Crippen molar-refractivity contribution in [3.63, 3.8) is 0 Å². The quantitative estimate of drug-likeness (QED) is 0.930. The molecule has 1 aliphatic rings. The first kappa shape index (κ1) is 14.8. The van der Waals surface area contributed by atoms with E-state index in [0.717, 1.165) is 12.8 Å². The summed E-state index contributed by atoms with van der Waals surface area (Å²) in [6.45, 7) is 3.00. The fourth-order valence-corrected chi connectivity index (χ4v) is 4.04. The van der Waals surface area contributed by atoms with Crippen LogP contribution >= 0.6 is 11.6 Å². The van der Waals surface area contributed by atoms with Crippen molar-refractivity contribution < 1.29 is 8.42 Å². The van der Waals surface area contributed by atoms with E-state index in [1.165, 1.54) is 4.31 Å². The van der Waals surface area contributed by atoms with Crippen LogP contribution in [-0.4, -0.2) is 31.9 Å². The highest BCUT2D eigenvalue weighted by molar-refractivity contribution is 7.89. The van der Waals surface area contributed by atoms with Crippen LogP contribution in [0.4, 0.5) is 0 Å². The molecule has 0 aromatic heterocycles. The van der Waals surface area contributed by atoms with Gasteiger partial charge in [0, 0.05) is 24.2 Å². The normalized spacial score (nSPS) is 23.2. The summed E-state index contributed by atoms with van der Waals surface area (Å²) in [5.74, 6) is 0.232. The molecule has 1 heterocycles. The molecule has 19 heavy (non-hydrogen) atoms. The highest BCUT2D eigenvalue weighted by Gasteiger charge is 2.31. The molecule has 1 aromatic rings. The minimum Gasteiger partial charge on any atom is -0.328 e. The van der Waals surface area contributed by atoms with Crippen LogP contribution < -0.4 is 5.73 Å². The molecule has 0 spiro atoms. The Morgan fingerprint density at radius 3 is 2.58 bits per heavy atom. The molecule has 1 fully saturated rings. The fraction of sp³-hybridized carbons (Fsp3) is 0.538. The monoisotopic (exact) mass is 302 g/mol. The Balaban J connectivity index is 2.22. The average Bonchev–Trinajstić information content (AvgIpc) is 2.39. The van der Waals surface area contributed by atoms with Crippen molar-refractivity contribution in [3.05, 3.63) is 29.3 Å². The maximum absolute atomic E-state index is 12.5. The lowest BCUT2D eigenvalue weighted by Crippen LogP contribution is -2.44. The Bertz CT molecular complexity index is 528. The van der Waals surface area contributed by atoms with Gasteiger partial charge in [0.1, 0.15) is 0 Å². The minimum absolute atomic E-state index is 0.0169. The van der Waals surface area contributed by atoms with Crippen LogP contribution in [0.2, 0.25) is 5.02 Å². The number of rotatable bonds is 3. The first-order valence-corrected chi connectivity index (χ1v) is 8.24. The highest BCUT2D eigenvalue weighted by atomic mass is 35.5. The van der Waals surface area contributed by atoms with E-state index in [1.54, 1.807) is 24.3 Å². The van der Waals surface area contributed by atoms with Gasteiger partial charge in [-0.25, -0.2) is 8.42 Å². The van der Waals surface area contributed by atoms with Crippen LogP contribution in [0.5, 0.6) is 0 Å². The van der Waals surface area contributed by atoms with Gasteiger partial charge in [-0.1, -0.05) is 11.6 Å². The van der Waals surface area contributed by atoms with E-state index >= 15 is 0 Å². The number of halogens is 1. The van der Waals surface area contributed by atoms with Crippen LogP contribution in [0, 0.1) is 5.92 Å². The lowest BCUT2D eigenvalue weighted by Gasteiger charge is -2.33. The van der Waals surface area contributed by atoms with Crippen molar-refractivity contribution >= 4 is 21.6 Å². The van der Waals surface area contributed by atoms with Crippen molar-refractivity contribution in [2.45, 2.75) is 30.7 Å². The fourth-order valence-electron chi connectivity index (χ4n) is 2.38. The molecule has 0 bridgehead atoms. The molecule has 2 atom stereocenters. The molecule has 0 radical (unpaired) electrons. The van der Waals surface area contributed by atoms with Gasteiger partial charge < -0.3 is 5.73 Å². The average molecular weight is 303 g/mol. The summed E-state index contributed by atoms with van der Waals surface area (Å²) in [5, 5.41) is 0.533. The summed E-state index contributed by atoms with van der Waals surface area (Å²) in [4.78, 5) is 0.294. The van der Waals surface area contributed by atoms with Gasteiger partial charge in [0.2, 0.25) is 10.0 Å². The Kier molecular flexibility index (Phi) is 4.50. The lowest BCUT2D eigenvalue weighted by molar-refractivity contribution is 0.243. The number of hydrogen-bond donors (Lipinski definition) is 1. The standard InChI is InChI=1S/C13H19ClN2O2S/c1-10(15)11-3-2-8-16(9-11)19(17,18)13-6-4-12(14)5-7-13/h4-7,10-11H,2-3,8-9,15H2,1H3/t10-,11-/m1/s1. The Labute approximate surface area is 119 Å². The summed E-state index contributed by atoms with van der Waals surface area (Å²) in [6.07, 6.45) is 1.85. The number of nitrogens with two attached hydrogens (primary N) is 1. The molecule has 106 valence electrons. The second-order valence-corrected chi connectivity index (χ2v) is 7.45. The van der Waals surface area contributed by atoms with Gasteiger partial charge in [-0.15, -0.1) is 0 Å². The number of sulfonamides is 1. The number of benzene rings is 1. The smallest absolute Gasteiger partial charge is 0.243 e. The van der Waals surface area contributed by atoms with Crippen LogP contribution in [0.25, 0.3) is 0 Å². The zero-order valence-corrected chi connectivity index (χ0v) is 12.5. The topological polar surface area (TPSA) is 63.4 Å². The zero-order valence-electron chi connectivity index (χ0n) is 10.9. The van der Waals surface area contributed by atoms with E-state index in [0.29, 0.717) is 23.0 Å². The van der Waals surface area contributed by atoms with Gasteiger partial charge in [0.15, 0.2) is 0 Å². The van der Waals surface area contributed by atoms with E-state index in [4.69, 9.17) is 17.3 Å². The van der Waals surface area contributed by atoms with Gasteiger partial charge in [-0.05, 0) is 49.9 Å². The van der Waals surface area contributed by atoms with Crippen molar-refractivity contribution in [3.8, 4) is 0 Å². The van der Waals surface area contributed by atoms with Crippen molar-refractivity contribution in [1.29, 1.82) is 0 Å². The summed E-state index contributed by atoms with van der Waals surface area (Å²) < 4.78 is 26.6. The minimum atomic E-state index is -3.43. The summed E-state index contributed by atoms with van der Waals surface area (Å²) in [6, 6.07) is 6.31. The van der Waals surface area contributed by atoms with E-state index in [1.807, 2.05) is 6.92 Å². The molecule has 1 aliphatic heterocycles. The number of piperidine rings is 1. The molecule has 1 aromatic carbocycles. The molecule has 1 saturated heterocycles. The zero-order chi connectivity index (χ0) is 14.0. The first-order valence-electron chi connectivity index (χ1n) is 6.42. The third kappa shape index (κ3) is 3.28. The molecule has 4 nitrogen and oxygen atoms in total. The molecule has 6 heteroatoms. The molecule has 0 saturated carbocycles. The molecular weight excluding hydrogens is 284 g/mol. The Hall–Kier alpha value is -0.620. The van der Waals surface area contributed by atoms with Crippen LogP contribution in [0.3, 0.4) is 0 Å². The van der Waals surface area contributed by atoms with Crippen molar-refractivity contribution in [2.24, 2.45) is 11.7 Å². The van der Waals surface area contributed by atoms with Gasteiger partial charge in [0.25, 0.3) is 0 Å². The molecule has 0 amide bonds. The van der Waals surface area contributed by atoms with Gasteiger partial charge >= 0.3 is 0 Å². The molecular formula is C13H19ClN2O2S. The van der Waals surface area contributed by atoms with E-state index < -0.39 is 10.0 Å². The predicted molar refractivity (Wildman–Crippen MR) is 76.6 cm³/mol. The highest BCUT2D eigenvalue weighted by Crippen LogP contribution is 2.25. The SMILES string of the molecule is C[C@@H](N)[C@@H]1CCCN(S(=O)(=O)c2ccc(Cl)cc2)C1. The third-order valence-electron chi connectivity index (χ3n) is 3.62. The number of hydrogen-bond acceptors (Lipinski definition) is 3. The maximum atomic E-state index is 12.5. The lowest BCUT2D eigenvalue weighted by atomic mass is 9.93. The summed E-state index contributed by atoms with van der Waals surface area (Å²) >= 11 is 5.79. The molecule has 2 N–H and O–H groups in total. The largest absolute Gasteiger partial charge is 0.328 e. The summed E-state index contributed by atoms with van der Waals surface area (Å²) in [7, 11) is -3.43. The van der Waals surface area contributed by atoms with Crippen LogP contribution in [-0.2, 0) is 10.0 Å². The maximum Gasteiger partial charge on any atom is 0.243 e. The van der Waals surface area contributed by atoms with Gasteiger partial charge in [0.05, 0.1) is 4.90 Å². The Morgan fingerprint density at radius 2 is 2.00 bits per heavy atom. The molecule has 2 rings (SSSR count). The third-order valence-corrected chi connectivity index (χ3v) is 5.75. The predicted octanol–water partition coefficient (Wildman–Crippen LogP) is 2.09. The van der Waals surface area contributed by atoms with Gasteiger partial charge in [-0.2, -0.15) is 4.31 Å². The second-order valence-electron chi connectivity index (χ2n) is 5.08. The first-order chi connectivity index (χ1) is 8.91. The Morgan fingerprint density at radius 1 is 1.37 bits per heavy atom. The van der Waals surface area contributed by atoms with E-state index in [2.05, 4.69) is 0 Å². The van der Waals surface area contributed by atoms with Gasteiger partial charge in [-0.3, -0.25) is 0 Å². The number of nitrogens with zero attached hydrogens (tertiary/aromatic N) is 1. The molecule has 0 aliphatic carbocycles. The van der Waals surface area contributed by atoms with Crippen LogP contribution in [0.15, 0.2) is 29.2 Å². The van der Waals surface area contributed by atoms with E-state index in [9.17, 15) is 8.42 Å². The van der Waals surface area contributed by atoms with Crippen LogP contribution in [0.1, 0.15) is 19.8 Å². The van der Waals surface area contributed by atoms with E-state index in [-0.39, 0.29) is 12.0 Å². The molecule has 0 unspecified atom stereocenters. The van der Waals surface area contributed by atoms with Crippen molar-refractivity contribution in [1.82, 2.24) is 4.31 Å². The second kappa shape index (κ2) is 5.79.